The molecule has 1 N–H and O–H groups in total. The zero-order valence-corrected chi connectivity index (χ0v) is 23.3. The molecule has 0 radical (unpaired) electrons. The first kappa shape index (κ1) is 26.9. The number of carbonyl (C=O) groups excluding carboxylic acids is 2. The Morgan fingerprint density at radius 2 is 1.93 bits per heavy atom. The first-order chi connectivity index (χ1) is 19.9. The Hall–Kier alpha value is -4.29. The zero-order chi connectivity index (χ0) is 28.5. The molecule has 212 valence electrons. The monoisotopic (exact) mass is 575 g/mol. The van der Waals surface area contributed by atoms with E-state index in [-0.39, 0.29) is 43.1 Å². The van der Waals surface area contributed by atoms with Gasteiger partial charge in [-0.1, -0.05) is 28.9 Å². The third-order valence-electron chi connectivity index (χ3n) is 7.67. The number of likely N-dealkylation sites (tertiary alicyclic amines) is 1. The van der Waals surface area contributed by atoms with E-state index < -0.39 is 11.5 Å². The largest absolute Gasteiger partial charge is 0.354 e. The molecule has 2 atom stereocenters. The Balaban J connectivity index is 1.25. The van der Waals surface area contributed by atoms with Gasteiger partial charge in [-0.2, -0.15) is 5.10 Å². The Morgan fingerprint density at radius 3 is 2.78 bits per heavy atom. The molecule has 5 heterocycles. The number of carbonyl (C=O) groups is 2. The van der Waals surface area contributed by atoms with E-state index in [4.69, 9.17) is 11.6 Å². The van der Waals surface area contributed by atoms with Gasteiger partial charge in [-0.25, -0.2) is 9.36 Å². The molecule has 0 aliphatic carbocycles. The average Bonchev–Trinajstić information content (AvgIpc) is 3.70. The summed E-state index contributed by atoms with van der Waals surface area (Å²) in [6, 6.07) is 10.7. The maximum absolute atomic E-state index is 13.1. The fraction of sp³-hybridized carbons (Fsp3) is 0.357. The second-order valence-electron chi connectivity index (χ2n) is 10.6. The van der Waals surface area contributed by atoms with Crippen LogP contribution in [0.2, 0.25) is 5.02 Å². The van der Waals surface area contributed by atoms with E-state index in [0.717, 1.165) is 11.3 Å². The van der Waals surface area contributed by atoms with Gasteiger partial charge in [0.15, 0.2) is 0 Å². The lowest BCUT2D eigenvalue weighted by Crippen LogP contribution is -2.39. The second kappa shape index (κ2) is 11.3. The number of aromatic nitrogens is 6. The van der Waals surface area contributed by atoms with Crippen LogP contribution >= 0.6 is 11.6 Å². The van der Waals surface area contributed by atoms with E-state index in [9.17, 15) is 14.4 Å². The number of hydrogen-bond donors (Lipinski definition) is 1. The van der Waals surface area contributed by atoms with Gasteiger partial charge in [0.2, 0.25) is 5.91 Å². The van der Waals surface area contributed by atoms with Crippen LogP contribution in [-0.4, -0.2) is 84.2 Å². The minimum absolute atomic E-state index is 0.0125. The minimum atomic E-state index is -0.391. The average molecular weight is 576 g/mol. The molecule has 4 aromatic rings. The van der Waals surface area contributed by atoms with Crippen molar-refractivity contribution in [2.45, 2.75) is 25.6 Å². The third kappa shape index (κ3) is 5.66. The summed E-state index contributed by atoms with van der Waals surface area (Å²) in [5, 5.41) is 16.8. The molecule has 41 heavy (non-hydrogen) atoms. The summed E-state index contributed by atoms with van der Waals surface area (Å²) >= 11 is 6.36. The lowest BCUT2D eigenvalue weighted by Gasteiger charge is -2.20. The Labute approximate surface area is 241 Å². The highest BCUT2D eigenvalue weighted by atomic mass is 35.5. The molecule has 0 spiro atoms. The number of likely N-dealkylation sites (N-methyl/N-ethyl adjacent to an activating group) is 1. The van der Waals surface area contributed by atoms with Crippen molar-refractivity contribution in [2.75, 3.05) is 33.2 Å². The fourth-order valence-corrected chi connectivity index (χ4v) is 5.79. The van der Waals surface area contributed by atoms with Crippen molar-refractivity contribution in [3.8, 4) is 5.69 Å². The molecular formula is C28H30ClN9O3. The van der Waals surface area contributed by atoms with Gasteiger partial charge in [0.25, 0.3) is 11.5 Å². The zero-order valence-electron chi connectivity index (χ0n) is 22.6. The summed E-state index contributed by atoms with van der Waals surface area (Å²) in [5.41, 5.74) is 2.12. The van der Waals surface area contributed by atoms with Gasteiger partial charge < -0.3 is 14.8 Å². The number of amides is 2. The first-order valence-corrected chi connectivity index (χ1v) is 13.9. The smallest absolute Gasteiger partial charge is 0.263 e. The van der Waals surface area contributed by atoms with Crippen molar-refractivity contribution in [1.82, 2.24) is 44.5 Å². The van der Waals surface area contributed by atoms with Crippen LogP contribution in [0.4, 0.5) is 0 Å². The standard InChI is InChI=1S/C28H30ClN9O3/c1-34-10-8-30-26(39)11-20-15-35(13-19-12-31-37(14-19)24-7-3-2-6-23(24)29)18-25(20)38-17-21(32-33-38)16-36-9-4-5-22(27(34)40)28(36)41/h2-7,9,12,14,17,20,25H,8,10-11,13,15-16,18H2,1H3,(H,30,39)/t20-,25+/m0/s1. The van der Waals surface area contributed by atoms with Gasteiger partial charge in [0.05, 0.1) is 35.7 Å². The third-order valence-corrected chi connectivity index (χ3v) is 7.99. The van der Waals surface area contributed by atoms with Gasteiger partial charge in [-0.05, 0) is 24.3 Å². The molecule has 1 saturated heterocycles. The van der Waals surface area contributed by atoms with Gasteiger partial charge in [0, 0.05) is 70.1 Å². The van der Waals surface area contributed by atoms with Crippen LogP contribution in [0.1, 0.15) is 34.1 Å². The summed E-state index contributed by atoms with van der Waals surface area (Å²) in [6.07, 6.45) is 7.58. The number of hydrogen-bond acceptors (Lipinski definition) is 7. The van der Waals surface area contributed by atoms with E-state index in [0.29, 0.717) is 36.8 Å². The van der Waals surface area contributed by atoms with Crippen molar-refractivity contribution in [1.29, 1.82) is 0 Å². The SMILES string of the molecule is CN1CCNC(=O)C[C@H]2CN(Cc3cnn(-c4ccccc4Cl)c3)C[C@H]2n2cc(nn2)Cn2cccc(c2=O)C1=O. The number of para-hydroxylation sites is 1. The Morgan fingerprint density at radius 1 is 1.07 bits per heavy atom. The summed E-state index contributed by atoms with van der Waals surface area (Å²) in [5.74, 6) is -0.496. The summed E-state index contributed by atoms with van der Waals surface area (Å²) in [4.78, 5) is 42.7. The van der Waals surface area contributed by atoms with Crippen molar-refractivity contribution >= 4 is 23.4 Å². The number of nitrogens with one attached hydrogen (secondary N) is 1. The number of pyridine rings is 1. The van der Waals surface area contributed by atoms with Crippen LogP contribution in [0.5, 0.6) is 0 Å². The predicted molar refractivity (Wildman–Crippen MR) is 151 cm³/mol. The van der Waals surface area contributed by atoms with Crippen LogP contribution in [0, 0.1) is 5.92 Å². The summed E-state index contributed by atoms with van der Waals surface area (Å²) in [6.45, 7) is 2.77. The van der Waals surface area contributed by atoms with E-state index in [1.165, 1.54) is 15.5 Å². The number of halogens is 1. The number of nitrogens with zero attached hydrogens (tertiary/aromatic N) is 8. The second-order valence-corrected chi connectivity index (χ2v) is 11.0. The highest BCUT2D eigenvalue weighted by molar-refractivity contribution is 6.32. The fourth-order valence-electron chi connectivity index (χ4n) is 5.57. The summed E-state index contributed by atoms with van der Waals surface area (Å²) < 4.78 is 5.05. The molecular weight excluding hydrogens is 546 g/mol. The topological polar surface area (TPSA) is 123 Å². The number of benzene rings is 1. The lowest BCUT2D eigenvalue weighted by molar-refractivity contribution is -0.122. The maximum Gasteiger partial charge on any atom is 0.263 e. The first-order valence-electron chi connectivity index (χ1n) is 13.5. The van der Waals surface area contributed by atoms with E-state index in [1.54, 1.807) is 28.7 Å². The van der Waals surface area contributed by atoms with Crippen LogP contribution in [0.25, 0.3) is 5.69 Å². The Bertz CT molecular complexity index is 1640. The molecule has 13 heteroatoms. The lowest BCUT2D eigenvalue weighted by atomic mass is 9.99. The quantitative estimate of drug-likeness (QED) is 0.393. The molecule has 1 fully saturated rings. The molecule has 2 aliphatic heterocycles. The van der Waals surface area contributed by atoms with Crippen molar-refractivity contribution in [3.63, 3.8) is 0 Å². The van der Waals surface area contributed by atoms with Gasteiger partial charge in [-0.15, -0.1) is 5.10 Å². The Kier molecular flexibility index (Phi) is 7.41. The van der Waals surface area contributed by atoms with Crippen molar-refractivity contribution < 1.29 is 9.59 Å². The highest BCUT2D eigenvalue weighted by Gasteiger charge is 2.36. The minimum Gasteiger partial charge on any atom is -0.354 e. The van der Waals surface area contributed by atoms with E-state index in [2.05, 4.69) is 25.6 Å². The van der Waals surface area contributed by atoms with Crippen LogP contribution in [-0.2, 0) is 17.9 Å². The van der Waals surface area contributed by atoms with Crippen molar-refractivity contribution in [3.05, 3.63) is 93.4 Å². The predicted octanol–water partition coefficient (Wildman–Crippen LogP) is 1.59. The van der Waals surface area contributed by atoms with Gasteiger partial charge >= 0.3 is 0 Å². The van der Waals surface area contributed by atoms with Gasteiger partial charge in [-0.3, -0.25) is 19.3 Å². The van der Waals surface area contributed by atoms with E-state index in [1.807, 2.05) is 42.9 Å². The number of fused-ring (bicyclic) bond motifs is 6. The van der Waals surface area contributed by atoms with Gasteiger partial charge in [0.1, 0.15) is 11.3 Å². The number of rotatable bonds is 3. The molecule has 12 nitrogen and oxygen atoms in total. The molecule has 6 rings (SSSR count). The van der Waals surface area contributed by atoms with E-state index >= 15 is 0 Å². The highest BCUT2D eigenvalue weighted by Crippen LogP contribution is 2.31. The maximum atomic E-state index is 13.1. The molecule has 4 bridgehead atoms. The van der Waals surface area contributed by atoms with Crippen LogP contribution < -0.4 is 10.9 Å². The molecule has 0 unspecified atom stereocenters. The molecule has 0 saturated carbocycles. The van der Waals surface area contributed by atoms with Crippen LogP contribution in [0.3, 0.4) is 0 Å². The molecule has 2 aliphatic rings. The molecule has 3 aromatic heterocycles. The normalized spacial score (nSPS) is 20.2. The van der Waals surface area contributed by atoms with Crippen LogP contribution in [0.15, 0.2) is 66.0 Å². The van der Waals surface area contributed by atoms with Crippen molar-refractivity contribution in [2.24, 2.45) is 5.92 Å². The summed E-state index contributed by atoms with van der Waals surface area (Å²) in [7, 11) is 1.62. The molecule has 1 aromatic carbocycles. The molecule has 2 amide bonds.